The molecule has 2 aromatic carbocycles. The Morgan fingerprint density at radius 2 is 1.69 bits per heavy atom. The number of ether oxygens (including phenoxy) is 2. The zero-order valence-electron chi connectivity index (χ0n) is 14.3. The molecule has 6 nitrogen and oxygen atoms in total. The number of anilines is 3. The van der Waals surface area contributed by atoms with Gasteiger partial charge in [-0.25, -0.2) is 9.78 Å². The number of pyridine rings is 1. The maximum absolute atomic E-state index is 11.1. The third-order valence-electron chi connectivity index (χ3n) is 3.57. The quantitative estimate of drug-likeness (QED) is 0.681. The van der Waals surface area contributed by atoms with E-state index in [4.69, 9.17) is 4.74 Å². The number of methoxy groups -OCH3 is 1. The summed E-state index contributed by atoms with van der Waals surface area (Å²) in [6.45, 7) is 0.532. The van der Waals surface area contributed by atoms with Gasteiger partial charge < -0.3 is 14.8 Å². The highest BCUT2D eigenvalue weighted by Crippen LogP contribution is 2.20. The smallest absolute Gasteiger partial charge is 0.411 e. The third-order valence-corrected chi connectivity index (χ3v) is 3.57. The first kappa shape index (κ1) is 17.3. The van der Waals surface area contributed by atoms with E-state index in [1.165, 1.54) is 7.11 Å². The Labute approximate surface area is 151 Å². The molecule has 0 aliphatic carbocycles. The normalized spacial score (nSPS) is 10.0. The summed E-state index contributed by atoms with van der Waals surface area (Å²) >= 11 is 0. The molecule has 0 unspecified atom stereocenters. The van der Waals surface area contributed by atoms with Crippen molar-refractivity contribution in [2.45, 2.75) is 6.61 Å². The minimum atomic E-state index is -0.529. The Balaban J connectivity index is 1.54. The highest BCUT2D eigenvalue weighted by molar-refractivity contribution is 5.84. The molecular formula is C20H19N3O3. The van der Waals surface area contributed by atoms with Crippen LogP contribution in [0.2, 0.25) is 0 Å². The Kier molecular flexibility index (Phi) is 5.67. The van der Waals surface area contributed by atoms with Gasteiger partial charge in [-0.3, -0.25) is 5.32 Å². The summed E-state index contributed by atoms with van der Waals surface area (Å²) in [7, 11) is 1.31. The molecule has 2 N–H and O–H groups in total. The topological polar surface area (TPSA) is 72.5 Å². The number of benzene rings is 2. The molecule has 0 spiro atoms. The van der Waals surface area contributed by atoms with E-state index < -0.39 is 6.09 Å². The molecule has 3 rings (SSSR count). The van der Waals surface area contributed by atoms with Crippen LogP contribution < -0.4 is 15.4 Å². The van der Waals surface area contributed by atoms with Crippen LogP contribution in [0, 0.1) is 0 Å². The molecule has 1 heterocycles. The van der Waals surface area contributed by atoms with Crippen LogP contribution in [0.5, 0.6) is 5.75 Å². The molecule has 132 valence electrons. The first-order chi connectivity index (χ1) is 12.7. The summed E-state index contributed by atoms with van der Waals surface area (Å²) in [5.74, 6) is 1.46. The molecule has 6 heteroatoms. The zero-order chi connectivity index (χ0) is 18.2. The van der Waals surface area contributed by atoms with Crippen LogP contribution in [0.3, 0.4) is 0 Å². The average molecular weight is 349 g/mol. The maximum Gasteiger partial charge on any atom is 0.411 e. The molecular weight excluding hydrogens is 330 g/mol. The number of aromatic nitrogens is 1. The lowest BCUT2D eigenvalue weighted by molar-refractivity contribution is 0.187. The molecule has 1 aromatic heterocycles. The van der Waals surface area contributed by atoms with E-state index in [1.54, 1.807) is 18.3 Å². The number of carbonyl (C=O) groups is 1. The van der Waals surface area contributed by atoms with Crippen molar-refractivity contribution in [2.24, 2.45) is 0 Å². The minimum absolute atomic E-state index is 0.529. The van der Waals surface area contributed by atoms with Crippen LogP contribution >= 0.6 is 0 Å². The van der Waals surface area contributed by atoms with E-state index in [0.29, 0.717) is 18.1 Å². The number of hydrogen-bond donors (Lipinski definition) is 2. The van der Waals surface area contributed by atoms with Crippen LogP contribution in [0.4, 0.5) is 22.0 Å². The molecule has 1 amide bonds. The van der Waals surface area contributed by atoms with Gasteiger partial charge >= 0.3 is 6.09 Å². The molecule has 0 radical (unpaired) electrons. The molecule has 3 aromatic rings. The predicted octanol–water partition coefficient (Wildman–Crippen LogP) is 4.58. The summed E-state index contributed by atoms with van der Waals surface area (Å²) in [6.07, 6.45) is 1.02. The average Bonchev–Trinajstić information content (AvgIpc) is 2.69. The SMILES string of the molecule is COC(=O)Nc1ccc(Nc2ccc(OCc3ccccc3)cc2)nc1. The molecule has 26 heavy (non-hydrogen) atoms. The van der Waals surface area contributed by atoms with E-state index in [1.807, 2.05) is 54.6 Å². The monoisotopic (exact) mass is 349 g/mol. The van der Waals surface area contributed by atoms with Gasteiger partial charge in [0.1, 0.15) is 18.2 Å². The number of rotatable bonds is 6. The fourth-order valence-corrected chi connectivity index (χ4v) is 2.23. The fourth-order valence-electron chi connectivity index (χ4n) is 2.23. The Bertz CT molecular complexity index is 834. The van der Waals surface area contributed by atoms with Crippen molar-refractivity contribution < 1.29 is 14.3 Å². The number of hydrogen-bond acceptors (Lipinski definition) is 5. The van der Waals surface area contributed by atoms with Crippen molar-refractivity contribution in [1.29, 1.82) is 0 Å². The summed E-state index contributed by atoms with van der Waals surface area (Å²) < 4.78 is 10.3. The molecule has 0 fully saturated rings. The van der Waals surface area contributed by atoms with Gasteiger partial charge in [0.15, 0.2) is 0 Å². The highest BCUT2D eigenvalue weighted by Gasteiger charge is 2.02. The van der Waals surface area contributed by atoms with Gasteiger partial charge in [-0.05, 0) is 42.0 Å². The van der Waals surface area contributed by atoms with E-state index in [2.05, 4.69) is 20.4 Å². The molecule has 0 atom stereocenters. The lowest BCUT2D eigenvalue weighted by Gasteiger charge is -2.09. The number of nitrogens with zero attached hydrogens (tertiary/aromatic N) is 1. The van der Waals surface area contributed by atoms with Gasteiger partial charge in [0.2, 0.25) is 0 Å². The van der Waals surface area contributed by atoms with Crippen LogP contribution in [-0.4, -0.2) is 18.2 Å². The van der Waals surface area contributed by atoms with Crippen molar-refractivity contribution in [3.63, 3.8) is 0 Å². The van der Waals surface area contributed by atoms with Crippen molar-refractivity contribution in [1.82, 2.24) is 4.98 Å². The van der Waals surface area contributed by atoms with E-state index >= 15 is 0 Å². The number of carbonyl (C=O) groups excluding carboxylic acids is 1. The largest absolute Gasteiger partial charge is 0.489 e. The summed E-state index contributed by atoms with van der Waals surface area (Å²) in [4.78, 5) is 15.4. The van der Waals surface area contributed by atoms with Gasteiger partial charge in [0.05, 0.1) is 19.0 Å². The second-order valence-corrected chi connectivity index (χ2v) is 5.47. The first-order valence-electron chi connectivity index (χ1n) is 8.08. The van der Waals surface area contributed by atoms with Gasteiger partial charge in [-0.2, -0.15) is 0 Å². The van der Waals surface area contributed by atoms with Crippen LogP contribution in [0.15, 0.2) is 72.9 Å². The van der Waals surface area contributed by atoms with Gasteiger partial charge in [-0.1, -0.05) is 30.3 Å². The maximum atomic E-state index is 11.1. The summed E-state index contributed by atoms with van der Waals surface area (Å²) in [5, 5.41) is 5.74. The van der Waals surface area contributed by atoms with Gasteiger partial charge in [-0.15, -0.1) is 0 Å². The van der Waals surface area contributed by atoms with Crippen molar-refractivity contribution in [3.05, 3.63) is 78.5 Å². The van der Waals surface area contributed by atoms with Gasteiger partial charge in [0, 0.05) is 5.69 Å². The molecule has 0 bridgehead atoms. The highest BCUT2D eigenvalue weighted by atomic mass is 16.5. The van der Waals surface area contributed by atoms with Gasteiger partial charge in [0.25, 0.3) is 0 Å². The number of nitrogens with one attached hydrogen (secondary N) is 2. The zero-order valence-corrected chi connectivity index (χ0v) is 14.3. The van der Waals surface area contributed by atoms with Crippen molar-refractivity contribution in [2.75, 3.05) is 17.7 Å². The standard InChI is InChI=1S/C20H19N3O3/c1-25-20(24)23-17-9-12-19(21-13-17)22-16-7-10-18(11-8-16)26-14-15-5-3-2-4-6-15/h2-13H,14H2,1H3,(H,21,22)(H,23,24). The fraction of sp³-hybridized carbons (Fsp3) is 0.100. The second kappa shape index (κ2) is 8.53. The lowest BCUT2D eigenvalue weighted by atomic mass is 10.2. The molecule has 0 saturated heterocycles. The molecule has 0 aliphatic rings. The Morgan fingerprint density at radius 3 is 2.35 bits per heavy atom. The van der Waals surface area contributed by atoms with Crippen LogP contribution in [-0.2, 0) is 11.3 Å². The summed E-state index contributed by atoms with van der Waals surface area (Å²) in [6, 6.07) is 21.2. The Hall–Kier alpha value is -3.54. The van der Waals surface area contributed by atoms with E-state index in [0.717, 1.165) is 17.0 Å². The third kappa shape index (κ3) is 4.98. The van der Waals surface area contributed by atoms with E-state index in [-0.39, 0.29) is 0 Å². The minimum Gasteiger partial charge on any atom is -0.489 e. The number of amides is 1. The van der Waals surface area contributed by atoms with Crippen LogP contribution in [0.1, 0.15) is 5.56 Å². The lowest BCUT2D eigenvalue weighted by Crippen LogP contribution is -2.11. The summed E-state index contributed by atoms with van der Waals surface area (Å²) in [5.41, 5.74) is 2.57. The molecule has 0 aliphatic heterocycles. The second-order valence-electron chi connectivity index (χ2n) is 5.47. The van der Waals surface area contributed by atoms with Crippen molar-refractivity contribution >= 4 is 23.3 Å². The molecule has 0 saturated carbocycles. The van der Waals surface area contributed by atoms with Crippen LogP contribution in [0.25, 0.3) is 0 Å². The Morgan fingerprint density at radius 1 is 0.962 bits per heavy atom. The van der Waals surface area contributed by atoms with E-state index in [9.17, 15) is 4.79 Å². The predicted molar refractivity (Wildman–Crippen MR) is 101 cm³/mol. The first-order valence-corrected chi connectivity index (χ1v) is 8.08. The van der Waals surface area contributed by atoms with Crippen molar-refractivity contribution in [3.8, 4) is 5.75 Å².